The van der Waals surface area contributed by atoms with Crippen LogP contribution in [-0.2, 0) is 4.79 Å². The number of hydrogen-bond donors (Lipinski definition) is 0. The number of hydrogen-bond acceptors (Lipinski definition) is 3. The highest BCUT2D eigenvalue weighted by Crippen LogP contribution is 2.24. The highest BCUT2D eigenvalue weighted by Gasteiger charge is 2.26. The Morgan fingerprint density at radius 1 is 1.37 bits per heavy atom. The summed E-state index contributed by atoms with van der Waals surface area (Å²) in [7, 11) is 0. The Morgan fingerprint density at radius 2 is 2.32 bits per heavy atom. The van der Waals surface area contributed by atoms with E-state index in [1.165, 1.54) is 0 Å². The highest BCUT2D eigenvalue weighted by molar-refractivity contribution is 5.76. The van der Waals surface area contributed by atoms with Crippen LogP contribution in [0.2, 0.25) is 0 Å². The summed E-state index contributed by atoms with van der Waals surface area (Å²) >= 11 is 0. The standard InChI is InChI=1S/C14H20N4O/c19-14(8-12-4-1-2-5-12)17-7-3-6-13(9-17)18-11-15-10-16-18/h1,4,10-13H,2-3,5-9H2/t12-,13-/m1/s1. The number of allylic oxidation sites excluding steroid dienone is 2. The Kier molecular flexibility index (Phi) is 3.62. The average molecular weight is 260 g/mol. The van der Waals surface area contributed by atoms with Crippen molar-refractivity contribution in [3.8, 4) is 0 Å². The smallest absolute Gasteiger partial charge is 0.223 e. The van der Waals surface area contributed by atoms with Gasteiger partial charge in [-0.15, -0.1) is 0 Å². The van der Waals surface area contributed by atoms with Gasteiger partial charge in [-0.3, -0.25) is 4.79 Å². The zero-order chi connectivity index (χ0) is 13.1. The number of carbonyl (C=O) groups excluding carboxylic acids is 1. The number of carbonyl (C=O) groups is 1. The van der Waals surface area contributed by atoms with E-state index >= 15 is 0 Å². The molecule has 2 atom stereocenters. The summed E-state index contributed by atoms with van der Waals surface area (Å²) in [6.07, 6.45) is 12.7. The normalized spacial score (nSPS) is 26.8. The maximum atomic E-state index is 12.3. The van der Waals surface area contributed by atoms with Gasteiger partial charge in [0.2, 0.25) is 5.91 Å². The van der Waals surface area contributed by atoms with Crippen molar-refractivity contribution < 1.29 is 4.79 Å². The molecule has 19 heavy (non-hydrogen) atoms. The van der Waals surface area contributed by atoms with Crippen LogP contribution in [0.5, 0.6) is 0 Å². The lowest BCUT2D eigenvalue weighted by Crippen LogP contribution is -2.41. The predicted molar refractivity (Wildman–Crippen MR) is 71.4 cm³/mol. The van der Waals surface area contributed by atoms with Crippen molar-refractivity contribution in [2.24, 2.45) is 5.92 Å². The number of likely N-dealkylation sites (tertiary alicyclic amines) is 1. The average Bonchev–Trinajstić information content (AvgIpc) is 3.12. The molecule has 2 aliphatic rings. The van der Waals surface area contributed by atoms with Crippen LogP contribution in [0.25, 0.3) is 0 Å². The SMILES string of the molecule is O=C(C[C@@H]1C=CCC1)N1CCC[C@@H](n2cncn2)C1. The topological polar surface area (TPSA) is 51.0 Å². The fourth-order valence-electron chi connectivity index (χ4n) is 3.02. The van der Waals surface area contributed by atoms with Crippen molar-refractivity contribution in [2.75, 3.05) is 13.1 Å². The van der Waals surface area contributed by atoms with E-state index in [2.05, 4.69) is 22.2 Å². The molecule has 5 nitrogen and oxygen atoms in total. The second-order valence-corrected chi connectivity index (χ2v) is 5.48. The Morgan fingerprint density at radius 3 is 3.05 bits per heavy atom. The van der Waals surface area contributed by atoms with E-state index in [0.717, 1.165) is 38.8 Å². The van der Waals surface area contributed by atoms with Crippen molar-refractivity contribution in [1.29, 1.82) is 0 Å². The summed E-state index contributed by atoms with van der Waals surface area (Å²) in [5.74, 6) is 0.751. The van der Waals surface area contributed by atoms with Crippen LogP contribution in [0, 0.1) is 5.92 Å². The van der Waals surface area contributed by atoms with Crippen molar-refractivity contribution >= 4 is 5.91 Å². The molecule has 5 heteroatoms. The Balaban J connectivity index is 1.58. The van der Waals surface area contributed by atoms with E-state index in [1.807, 2.05) is 9.58 Å². The van der Waals surface area contributed by atoms with Crippen LogP contribution in [0.15, 0.2) is 24.8 Å². The third kappa shape index (κ3) is 2.85. The van der Waals surface area contributed by atoms with E-state index in [9.17, 15) is 4.79 Å². The van der Waals surface area contributed by atoms with E-state index in [4.69, 9.17) is 0 Å². The fraction of sp³-hybridized carbons (Fsp3) is 0.643. The lowest BCUT2D eigenvalue weighted by atomic mass is 10.0. The molecule has 1 aliphatic heterocycles. The maximum absolute atomic E-state index is 12.3. The predicted octanol–water partition coefficient (Wildman–Crippen LogP) is 1.80. The first-order valence-corrected chi connectivity index (χ1v) is 7.11. The Hall–Kier alpha value is -1.65. The monoisotopic (exact) mass is 260 g/mol. The zero-order valence-corrected chi connectivity index (χ0v) is 11.1. The van der Waals surface area contributed by atoms with E-state index in [1.54, 1.807) is 12.7 Å². The summed E-state index contributed by atoms with van der Waals surface area (Å²) in [6, 6.07) is 0.291. The molecular weight excluding hydrogens is 240 g/mol. The van der Waals surface area contributed by atoms with E-state index in [-0.39, 0.29) is 0 Å². The molecule has 0 saturated carbocycles. The van der Waals surface area contributed by atoms with Gasteiger partial charge in [0.05, 0.1) is 6.04 Å². The Labute approximate surface area is 113 Å². The van der Waals surface area contributed by atoms with Crippen LogP contribution in [0.1, 0.15) is 38.1 Å². The van der Waals surface area contributed by atoms with Gasteiger partial charge in [-0.25, -0.2) is 9.67 Å². The summed E-state index contributed by atoms with van der Waals surface area (Å²) < 4.78 is 1.88. The summed E-state index contributed by atoms with van der Waals surface area (Å²) in [4.78, 5) is 18.3. The number of aromatic nitrogens is 3. The molecule has 0 unspecified atom stereocenters. The lowest BCUT2D eigenvalue weighted by molar-refractivity contribution is -0.133. The minimum absolute atomic E-state index is 0.291. The second kappa shape index (κ2) is 5.55. The van der Waals surface area contributed by atoms with Gasteiger partial charge in [0.15, 0.2) is 0 Å². The lowest BCUT2D eigenvalue weighted by Gasteiger charge is -2.33. The molecular formula is C14H20N4O. The number of amides is 1. The van der Waals surface area contributed by atoms with Gasteiger partial charge in [-0.2, -0.15) is 5.10 Å². The van der Waals surface area contributed by atoms with Crippen LogP contribution < -0.4 is 0 Å². The molecule has 3 rings (SSSR count). The second-order valence-electron chi connectivity index (χ2n) is 5.48. The van der Waals surface area contributed by atoms with Gasteiger partial charge in [0, 0.05) is 19.5 Å². The summed E-state index contributed by atoms with van der Waals surface area (Å²) in [6.45, 7) is 1.67. The number of nitrogens with zero attached hydrogens (tertiary/aromatic N) is 4. The van der Waals surface area contributed by atoms with E-state index < -0.39 is 0 Å². The number of piperidine rings is 1. The molecule has 1 aromatic rings. The molecule has 0 spiro atoms. The maximum Gasteiger partial charge on any atom is 0.223 e. The molecule has 2 heterocycles. The molecule has 1 amide bonds. The third-order valence-electron chi connectivity index (χ3n) is 4.11. The molecule has 1 fully saturated rings. The van der Waals surface area contributed by atoms with Crippen molar-refractivity contribution in [2.45, 2.75) is 38.1 Å². The van der Waals surface area contributed by atoms with Gasteiger partial charge >= 0.3 is 0 Å². The van der Waals surface area contributed by atoms with Gasteiger partial charge in [-0.1, -0.05) is 12.2 Å². The minimum Gasteiger partial charge on any atom is -0.341 e. The van der Waals surface area contributed by atoms with Crippen LogP contribution >= 0.6 is 0 Å². The van der Waals surface area contributed by atoms with Gasteiger partial charge in [-0.05, 0) is 31.6 Å². The highest BCUT2D eigenvalue weighted by atomic mass is 16.2. The first-order valence-electron chi connectivity index (χ1n) is 7.11. The molecule has 102 valence electrons. The van der Waals surface area contributed by atoms with E-state index in [0.29, 0.717) is 24.3 Å². The van der Waals surface area contributed by atoms with Gasteiger partial charge < -0.3 is 4.90 Å². The molecule has 1 aliphatic carbocycles. The molecule has 0 N–H and O–H groups in total. The fourth-order valence-corrected chi connectivity index (χ4v) is 3.02. The molecule has 0 aromatic carbocycles. The quantitative estimate of drug-likeness (QED) is 0.779. The van der Waals surface area contributed by atoms with Crippen LogP contribution in [0.4, 0.5) is 0 Å². The van der Waals surface area contributed by atoms with Gasteiger partial charge in [0.25, 0.3) is 0 Å². The van der Waals surface area contributed by atoms with Crippen molar-refractivity contribution in [1.82, 2.24) is 19.7 Å². The zero-order valence-electron chi connectivity index (χ0n) is 11.1. The molecule has 1 saturated heterocycles. The molecule has 1 aromatic heterocycles. The van der Waals surface area contributed by atoms with Crippen molar-refractivity contribution in [3.63, 3.8) is 0 Å². The third-order valence-corrected chi connectivity index (χ3v) is 4.11. The first kappa shape index (κ1) is 12.4. The number of rotatable bonds is 3. The molecule has 0 radical (unpaired) electrons. The van der Waals surface area contributed by atoms with Crippen LogP contribution in [-0.4, -0.2) is 38.7 Å². The largest absolute Gasteiger partial charge is 0.341 e. The molecule has 0 bridgehead atoms. The minimum atomic E-state index is 0.291. The summed E-state index contributed by atoms with van der Waals surface area (Å²) in [5, 5.41) is 4.19. The Bertz CT molecular complexity index is 454. The van der Waals surface area contributed by atoms with Gasteiger partial charge in [0.1, 0.15) is 12.7 Å². The first-order chi connectivity index (χ1) is 9.33. The van der Waals surface area contributed by atoms with Crippen LogP contribution in [0.3, 0.4) is 0 Å². The summed E-state index contributed by atoms with van der Waals surface area (Å²) in [5.41, 5.74) is 0. The van der Waals surface area contributed by atoms with Crippen molar-refractivity contribution in [3.05, 3.63) is 24.8 Å².